The van der Waals surface area contributed by atoms with E-state index in [0.29, 0.717) is 5.11 Å². The molecule has 3 aromatic carbocycles. The number of thiocarbonyl (C=S) groups is 1. The van der Waals surface area contributed by atoms with Gasteiger partial charge in [-0.25, -0.2) is 0 Å². The van der Waals surface area contributed by atoms with Crippen LogP contribution in [0.2, 0.25) is 0 Å². The van der Waals surface area contributed by atoms with E-state index < -0.39 is 0 Å². The highest BCUT2D eigenvalue weighted by atomic mass is 32.1. The molecule has 2 atom stereocenters. The van der Waals surface area contributed by atoms with Crippen LogP contribution in [0.25, 0.3) is 5.69 Å². The summed E-state index contributed by atoms with van der Waals surface area (Å²) in [5.74, 6) is 1.63. The maximum atomic E-state index is 6.14. The van der Waals surface area contributed by atoms with Gasteiger partial charge in [-0.05, 0) is 91.4 Å². The number of aromatic nitrogens is 2. The Morgan fingerprint density at radius 3 is 2.30 bits per heavy atom. The number of nitrogens with zero attached hydrogens (tertiary/aromatic N) is 3. The molecule has 1 saturated heterocycles. The molecule has 3 heterocycles. The monoisotopic (exact) mass is 502 g/mol. The summed E-state index contributed by atoms with van der Waals surface area (Å²) in [6.45, 7) is 2.04. The molecule has 182 valence electrons. The molecular formula is C31H26N4OS. The number of benzene rings is 3. The standard InChI is InChI=1S/C31H26N4OS/c1-22-10-5-6-15-28(22)36-25-18-16-24(17-19-25)35-30(29(33-31(35)37)26-13-7-8-20-32-26)27-14-9-21-34(27)23-11-3-2-4-12-23/h2-21,29-30H,1H3,(H,33,37)/t29-,30-/m0/s1. The molecule has 0 radical (unpaired) electrons. The number of pyridine rings is 1. The number of nitrogens with one attached hydrogen (secondary N) is 1. The molecule has 1 aliphatic heterocycles. The summed E-state index contributed by atoms with van der Waals surface area (Å²) >= 11 is 5.91. The van der Waals surface area contributed by atoms with Crippen LogP contribution in [0.4, 0.5) is 5.69 Å². The number of aryl methyl sites for hydroxylation is 1. The summed E-state index contributed by atoms with van der Waals surface area (Å²) in [5.41, 5.74) is 5.24. The van der Waals surface area contributed by atoms with Gasteiger partial charge in [-0.3, -0.25) is 4.98 Å². The maximum Gasteiger partial charge on any atom is 0.174 e. The smallest absolute Gasteiger partial charge is 0.174 e. The highest BCUT2D eigenvalue weighted by Crippen LogP contribution is 2.42. The maximum absolute atomic E-state index is 6.14. The summed E-state index contributed by atoms with van der Waals surface area (Å²) in [6, 6.07) is 36.5. The molecule has 1 N–H and O–H groups in total. The third-order valence-corrected chi connectivity index (χ3v) is 6.97. The average molecular weight is 503 g/mol. The van der Waals surface area contributed by atoms with Gasteiger partial charge < -0.3 is 19.5 Å². The lowest BCUT2D eigenvalue weighted by Crippen LogP contribution is -2.30. The van der Waals surface area contributed by atoms with Crippen molar-refractivity contribution < 1.29 is 4.74 Å². The summed E-state index contributed by atoms with van der Waals surface area (Å²) in [5, 5.41) is 4.21. The van der Waals surface area contributed by atoms with Crippen LogP contribution >= 0.6 is 12.2 Å². The van der Waals surface area contributed by atoms with Crippen molar-refractivity contribution in [3.8, 4) is 17.2 Å². The van der Waals surface area contributed by atoms with Crippen molar-refractivity contribution >= 4 is 23.0 Å². The molecule has 2 aromatic heterocycles. The zero-order valence-corrected chi connectivity index (χ0v) is 21.2. The number of hydrogen-bond acceptors (Lipinski definition) is 3. The topological polar surface area (TPSA) is 42.3 Å². The Bertz CT molecular complexity index is 1520. The zero-order valence-electron chi connectivity index (χ0n) is 20.4. The third kappa shape index (κ3) is 4.47. The highest BCUT2D eigenvalue weighted by molar-refractivity contribution is 7.80. The molecule has 37 heavy (non-hydrogen) atoms. The predicted octanol–water partition coefficient (Wildman–Crippen LogP) is 7.15. The van der Waals surface area contributed by atoms with Gasteiger partial charge in [0.2, 0.25) is 0 Å². The normalized spacial score (nSPS) is 17.0. The fourth-order valence-electron chi connectivity index (χ4n) is 4.86. The highest BCUT2D eigenvalue weighted by Gasteiger charge is 2.42. The lowest BCUT2D eigenvalue weighted by molar-refractivity contribution is 0.479. The Morgan fingerprint density at radius 1 is 0.784 bits per heavy atom. The number of rotatable bonds is 6. The second-order valence-corrected chi connectivity index (χ2v) is 9.38. The van der Waals surface area contributed by atoms with Crippen molar-refractivity contribution in [2.45, 2.75) is 19.0 Å². The quantitative estimate of drug-likeness (QED) is 0.250. The predicted molar refractivity (Wildman–Crippen MR) is 151 cm³/mol. The number of para-hydroxylation sites is 2. The first-order chi connectivity index (χ1) is 18.2. The molecule has 0 aliphatic carbocycles. The minimum Gasteiger partial charge on any atom is -0.457 e. The summed E-state index contributed by atoms with van der Waals surface area (Å²) in [6.07, 6.45) is 3.92. The zero-order chi connectivity index (χ0) is 25.2. The first kappa shape index (κ1) is 23.0. The van der Waals surface area contributed by atoms with E-state index in [0.717, 1.165) is 39.8 Å². The van der Waals surface area contributed by atoms with Gasteiger partial charge in [-0.2, -0.15) is 0 Å². The molecule has 0 unspecified atom stereocenters. The molecule has 0 saturated carbocycles. The Kier molecular flexibility index (Phi) is 6.16. The lowest BCUT2D eigenvalue weighted by atomic mass is 10.0. The van der Waals surface area contributed by atoms with Gasteiger partial charge in [0.1, 0.15) is 17.5 Å². The van der Waals surface area contributed by atoms with Crippen molar-refractivity contribution in [1.82, 2.24) is 14.9 Å². The number of ether oxygens (including phenoxy) is 1. The van der Waals surface area contributed by atoms with Crippen LogP contribution in [-0.2, 0) is 0 Å². The van der Waals surface area contributed by atoms with Crippen LogP contribution in [0.1, 0.15) is 29.0 Å². The molecule has 0 bridgehead atoms. The van der Waals surface area contributed by atoms with Gasteiger partial charge in [0, 0.05) is 29.5 Å². The van der Waals surface area contributed by atoms with Crippen LogP contribution in [0, 0.1) is 6.92 Å². The second kappa shape index (κ2) is 9.91. The fraction of sp³-hybridized carbons (Fsp3) is 0.0968. The van der Waals surface area contributed by atoms with E-state index in [4.69, 9.17) is 17.0 Å². The van der Waals surface area contributed by atoms with E-state index in [1.165, 1.54) is 0 Å². The van der Waals surface area contributed by atoms with Gasteiger partial charge in [-0.15, -0.1) is 0 Å². The van der Waals surface area contributed by atoms with Crippen LogP contribution in [0.3, 0.4) is 0 Å². The van der Waals surface area contributed by atoms with E-state index in [2.05, 4.69) is 74.5 Å². The van der Waals surface area contributed by atoms with Crippen molar-refractivity contribution in [2.75, 3.05) is 4.90 Å². The van der Waals surface area contributed by atoms with Crippen LogP contribution < -0.4 is 15.0 Å². The van der Waals surface area contributed by atoms with E-state index in [1.807, 2.05) is 73.8 Å². The Balaban J connectivity index is 1.39. The third-order valence-electron chi connectivity index (χ3n) is 6.65. The number of hydrogen-bond donors (Lipinski definition) is 1. The summed E-state index contributed by atoms with van der Waals surface area (Å²) in [4.78, 5) is 6.86. The second-order valence-electron chi connectivity index (χ2n) is 9.00. The van der Waals surface area contributed by atoms with Crippen LogP contribution in [-0.4, -0.2) is 14.7 Å². The van der Waals surface area contributed by atoms with Crippen molar-refractivity contribution in [3.63, 3.8) is 0 Å². The van der Waals surface area contributed by atoms with Gasteiger partial charge in [0.05, 0.1) is 11.7 Å². The van der Waals surface area contributed by atoms with E-state index in [-0.39, 0.29) is 12.1 Å². The van der Waals surface area contributed by atoms with Crippen LogP contribution in [0.5, 0.6) is 11.5 Å². The SMILES string of the molecule is Cc1ccccc1Oc1ccc(N2C(=S)N[C@@H](c3ccccn3)[C@@H]2c2cccn2-c2ccccc2)cc1. The number of anilines is 1. The van der Waals surface area contributed by atoms with Crippen molar-refractivity contribution in [1.29, 1.82) is 0 Å². The van der Waals surface area contributed by atoms with E-state index in [9.17, 15) is 0 Å². The molecule has 0 amide bonds. The van der Waals surface area contributed by atoms with E-state index in [1.54, 1.807) is 0 Å². The van der Waals surface area contributed by atoms with E-state index >= 15 is 0 Å². The van der Waals surface area contributed by atoms with Gasteiger partial charge in [0.25, 0.3) is 0 Å². The molecule has 5 aromatic rings. The average Bonchev–Trinajstić information content (AvgIpc) is 3.56. The van der Waals surface area contributed by atoms with Crippen molar-refractivity contribution in [2.24, 2.45) is 0 Å². The van der Waals surface area contributed by atoms with Crippen molar-refractivity contribution in [3.05, 3.63) is 139 Å². The molecule has 1 fully saturated rings. The van der Waals surface area contributed by atoms with Gasteiger partial charge in [0.15, 0.2) is 5.11 Å². The van der Waals surface area contributed by atoms with Gasteiger partial charge >= 0.3 is 0 Å². The molecule has 6 rings (SSSR count). The Hall–Kier alpha value is -4.42. The Morgan fingerprint density at radius 2 is 1.54 bits per heavy atom. The minimum absolute atomic E-state index is 0.110. The molecular weight excluding hydrogens is 476 g/mol. The minimum atomic E-state index is -0.117. The first-order valence-electron chi connectivity index (χ1n) is 12.3. The first-order valence-corrected chi connectivity index (χ1v) is 12.7. The molecule has 5 nitrogen and oxygen atoms in total. The molecule has 6 heteroatoms. The van der Waals surface area contributed by atoms with Crippen LogP contribution in [0.15, 0.2) is 122 Å². The molecule has 1 aliphatic rings. The fourth-order valence-corrected chi connectivity index (χ4v) is 5.21. The summed E-state index contributed by atoms with van der Waals surface area (Å²) < 4.78 is 8.36. The lowest BCUT2D eigenvalue weighted by Gasteiger charge is -2.29. The largest absolute Gasteiger partial charge is 0.457 e. The summed E-state index contributed by atoms with van der Waals surface area (Å²) in [7, 11) is 0. The molecule has 0 spiro atoms. The Labute approximate surface area is 222 Å². The van der Waals surface area contributed by atoms with Gasteiger partial charge in [-0.1, -0.05) is 42.5 Å².